The maximum absolute atomic E-state index is 14.8. The van der Waals surface area contributed by atoms with Crippen molar-refractivity contribution < 1.29 is 22.1 Å². The molecule has 1 saturated carbocycles. The average molecular weight is 435 g/mol. The maximum Gasteiger partial charge on any atom is 0.297 e. The van der Waals surface area contributed by atoms with E-state index in [1.807, 2.05) is 0 Å². The molecule has 2 aromatic rings. The van der Waals surface area contributed by atoms with Gasteiger partial charge in [0.05, 0.1) is 5.75 Å². The second kappa shape index (κ2) is 6.86. The number of hydrogen-bond donors (Lipinski definition) is 2. The van der Waals surface area contributed by atoms with E-state index < -0.39 is 31.8 Å². The highest BCUT2D eigenvalue weighted by Gasteiger charge is 2.56. The van der Waals surface area contributed by atoms with Gasteiger partial charge in [-0.25, -0.2) is 12.8 Å². The van der Waals surface area contributed by atoms with Gasteiger partial charge in [0.2, 0.25) is 5.89 Å². The van der Waals surface area contributed by atoms with Gasteiger partial charge in [0.1, 0.15) is 21.9 Å². The summed E-state index contributed by atoms with van der Waals surface area (Å²) in [6.07, 6.45) is 2.39. The van der Waals surface area contributed by atoms with Crippen LogP contribution in [0.1, 0.15) is 54.7 Å². The zero-order valence-electron chi connectivity index (χ0n) is 16.6. The van der Waals surface area contributed by atoms with E-state index in [1.54, 1.807) is 6.92 Å². The number of halogens is 1. The number of nitrogens with zero attached hydrogens (tertiary/aromatic N) is 3. The zero-order chi connectivity index (χ0) is 21.7. The highest BCUT2D eigenvalue weighted by molar-refractivity contribution is 7.93. The fourth-order valence-electron chi connectivity index (χ4n) is 4.31. The summed E-state index contributed by atoms with van der Waals surface area (Å²) in [4.78, 5) is 20.6. The van der Waals surface area contributed by atoms with Crippen LogP contribution in [0.15, 0.2) is 27.7 Å². The molecule has 9 nitrogen and oxygen atoms in total. The molecular weight excluding hydrogens is 413 g/mol. The number of anilines is 1. The predicted octanol–water partition coefficient (Wildman–Crippen LogP) is 2.08. The molecule has 3 N–H and O–H groups in total. The minimum atomic E-state index is -3.66. The highest BCUT2D eigenvalue weighted by Crippen LogP contribution is 2.45. The van der Waals surface area contributed by atoms with Crippen LogP contribution in [0.5, 0.6) is 0 Å². The number of rotatable bonds is 3. The summed E-state index contributed by atoms with van der Waals surface area (Å²) in [5, 5.41) is 6.09. The molecule has 0 saturated heterocycles. The molecule has 2 aliphatic rings. The third-order valence-corrected chi connectivity index (χ3v) is 8.60. The molecule has 0 bridgehead atoms. The number of aromatic nitrogens is 2. The Kier molecular flexibility index (Phi) is 4.68. The number of carbonyl (C=O) groups is 1. The number of amides is 1. The van der Waals surface area contributed by atoms with Crippen molar-refractivity contribution in [1.29, 1.82) is 0 Å². The number of sulfone groups is 1. The molecule has 1 aliphatic heterocycles. The highest BCUT2D eigenvalue weighted by atomic mass is 32.2. The molecule has 1 aromatic carbocycles. The number of nitrogens with one attached hydrogen (secondary N) is 1. The van der Waals surface area contributed by atoms with Crippen LogP contribution in [0, 0.1) is 12.7 Å². The fourth-order valence-corrected chi connectivity index (χ4v) is 6.82. The first kappa shape index (κ1) is 20.5. The molecule has 2 heterocycles. The van der Waals surface area contributed by atoms with Crippen LogP contribution in [0.25, 0.3) is 0 Å². The van der Waals surface area contributed by atoms with Gasteiger partial charge in [-0.05, 0) is 38.0 Å². The van der Waals surface area contributed by atoms with E-state index in [9.17, 15) is 17.6 Å². The number of carbonyl (C=O) groups excluding carboxylic acids is 1. The van der Waals surface area contributed by atoms with Gasteiger partial charge in [0.25, 0.3) is 11.7 Å². The van der Waals surface area contributed by atoms with Gasteiger partial charge in [-0.3, -0.25) is 9.79 Å². The van der Waals surface area contributed by atoms with Gasteiger partial charge < -0.3 is 15.6 Å². The van der Waals surface area contributed by atoms with Crippen LogP contribution in [-0.2, 0) is 15.4 Å². The first-order valence-corrected chi connectivity index (χ1v) is 11.2. The SMILES string of the molecule is Cc1nc(C(=O)Nc2ccc(F)c(C3(C)CS(=O)(=O)C4(CCCC4)C(N)=N3)c2)no1. The van der Waals surface area contributed by atoms with E-state index >= 15 is 0 Å². The monoisotopic (exact) mass is 435 g/mol. The van der Waals surface area contributed by atoms with E-state index in [2.05, 4.69) is 20.4 Å². The van der Waals surface area contributed by atoms with Crippen LogP contribution in [-0.4, -0.2) is 40.8 Å². The molecule has 160 valence electrons. The van der Waals surface area contributed by atoms with E-state index in [-0.39, 0.29) is 34.6 Å². The average Bonchev–Trinajstić information content (AvgIpc) is 3.32. The molecule has 11 heteroatoms. The molecule has 4 rings (SSSR count). The van der Waals surface area contributed by atoms with Crippen LogP contribution < -0.4 is 11.1 Å². The summed E-state index contributed by atoms with van der Waals surface area (Å²) >= 11 is 0. The van der Waals surface area contributed by atoms with Crippen LogP contribution in [0.3, 0.4) is 0 Å². The quantitative estimate of drug-likeness (QED) is 0.752. The van der Waals surface area contributed by atoms with Crippen LogP contribution >= 0.6 is 0 Å². The maximum atomic E-state index is 14.8. The second-order valence-corrected chi connectivity index (χ2v) is 10.3. The van der Waals surface area contributed by atoms with E-state index in [1.165, 1.54) is 19.1 Å². The summed E-state index contributed by atoms with van der Waals surface area (Å²) in [7, 11) is -3.66. The van der Waals surface area contributed by atoms with E-state index in [4.69, 9.17) is 10.3 Å². The number of hydrogen-bond acceptors (Lipinski definition) is 8. The van der Waals surface area contributed by atoms with Crippen LogP contribution in [0.4, 0.5) is 10.1 Å². The fraction of sp³-hybridized carbons (Fsp3) is 0.474. The van der Waals surface area contributed by atoms with Crippen molar-refractivity contribution in [3.05, 3.63) is 41.3 Å². The molecule has 1 fully saturated rings. The van der Waals surface area contributed by atoms with Gasteiger partial charge in [0, 0.05) is 18.2 Å². The Bertz CT molecular complexity index is 1150. The molecule has 1 aliphatic carbocycles. The lowest BCUT2D eigenvalue weighted by molar-refractivity contribution is 0.101. The van der Waals surface area contributed by atoms with E-state index in [0.29, 0.717) is 12.8 Å². The predicted molar refractivity (Wildman–Crippen MR) is 107 cm³/mol. The molecular formula is C19H22FN5O4S. The van der Waals surface area contributed by atoms with Crippen LogP contribution in [0.2, 0.25) is 0 Å². The van der Waals surface area contributed by atoms with Crippen molar-refractivity contribution in [2.75, 3.05) is 11.1 Å². The Morgan fingerprint density at radius 3 is 2.60 bits per heavy atom. The number of aliphatic imine (C=N–C) groups is 1. The zero-order valence-corrected chi connectivity index (χ0v) is 17.4. The molecule has 1 unspecified atom stereocenters. The Balaban J connectivity index is 1.71. The summed E-state index contributed by atoms with van der Waals surface area (Å²) in [5.74, 6) is -1.55. The van der Waals surface area contributed by atoms with Gasteiger partial charge in [-0.2, -0.15) is 4.98 Å². The Morgan fingerprint density at radius 1 is 1.30 bits per heavy atom. The molecule has 1 aromatic heterocycles. The van der Waals surface area contributed by atoms with Crippen molar-refractivity contribution in [2.24, 2.45) is 10.7 Å². The number of aryl methyl sites for hydroxylation is 1. The topological polar surface area (TPSA) is 141 Å². The van der Waals surface area contributed by atoms with Crippen molar-refractivity contribution in [1.82, 2.24) is 10.1 Å². The van der Waals surface area contributed by atoms with Gasteiger partial charge in [0.15, 0.2) is 9.84 Å². The van der Waals surface area contributed by atoms with Gasteiger partial charge >= 0.3 is 0 Å². The minimum Gasteiger partial charge on any atom is -0.386 e. The lowest BCUT2D eigenvalue weighted by Gasteiger charge is -2.39. The van der Waals surface area contributed by atoms with Crippen molar-refractivity contribution >= 4 is 27.3 Å². The lowest BCUT2D eigenvalue weighted by atomic mass is 9.92. The first-order chi connectivity index (χ1) is 14.1. The summed E-state index contributed by atoms with van der Waals surface area (Å²) in [6.45, 7) is 3.08. The Labute approximate surface area is 172 Å². The molecule has 1 amide bonds. The third kappa shape index (κ3) is 3.17. The normalized spacial score (nSPS) is 24.6. The largest absolute Gasteiger partial charge is 0.386 e. The van der Waals surface area contributed by atoms with Crippen molar-refractivity contribution in [3.8, 4) is 0 Å². The Hall–Kier alpha value is -2.82. The van der Waals surface area contributed by atoms with Gasteiger partial charge in [-0.15, -0.1) is 0 Å². The standard InChI is InChI=1S/C19H22FN5O4S/c1-11-22-15(25-29-11)16(26)23-12-5-6-14(20)13(9-12)18(2)10-30(27,28)19(17(21)24-18)7-3-4-8-19/h5-6,9H,3-4,7-8,10H2,1-2H3,(H2,21,24)(H,23,26). The number of amidine groups is 1. The molecule has 30 heavy (non-hydrogen) atoms. The van der Waals surface area contributed by atoms with Crippen molar-refractivity contribution in [3.63, 3.8) is 0 Å². The Morgan fingerprint density at radius 2 is 2.00 bits per heavy atom. The van der Waals surface area contributed by atoms with Gasteiger partial charge in [-0.1, -0.05) is 18.0 Å². The third-order valence-electron chi connectivity index (χ3n) is 5.85. The molecule has 0 radical (unpaired) electrons. The lowest BCUT2D eigenvalue weighted by Crippen LogP contribution is -2.56. The summed E-state index contributed by atoms with van der Waals surface area (Å²) in [6, 6.07) is 3.87. The first-order valence-electron chi connectivity index (χ1n) is 9.56. The smallest absolute Gasteiger partial charge is 0.297 e. The second-order valence-electron chi connectivity index (χ2n) is 8.02. The summed E-state index contributed by atoms with van der Waals surface area (Å²) in [5.41, 5.74) is 5.02. The molecule has 1 atom stereocenters. The number of benzene rings is 1. The number of nitrogens with two attached hydrogens (primary N) is 1. The minimum absolute atomic E-state index is 0.0314. The van der Waals surface area contributed by atoms with Crippen molar-refractivity contribution in [2.45, 2.75) is 49.8 Å². The molecule has 1 spiro atoms. The summed E-state index contributed by atoms with van der Waals surface area (Å²) < 4.78 is 44.8. The van der Waals surface area contributed by atoms with E-state index in [0.717, 1.165) is 18.9 Å².